The third kappa shape index (κ3) is 4.65. The van der Waals surface area contributed by atoms with E-state index in [-0.39, 0.29) is 30.2 Å². The largest absolute Gasteiger partial charge is 0.484 e. The van der Waals surface area contributed by atoms with Crippen LogP contribution in [0.2, 0.25) is 0 Å². The highest BCUT2D eigenvalue weighted by Crippen LogP contribution is 2.26. The minimum Gasteiger partial charge on any atom is -0.484 e. The molecule has 0 aliphatic carbocycles. The first-order valence-corrected chi connectivity index (χ1v) is 9.79. The lowest BCUT2D eigenvalue weighted by atomic mass is 10.0. The van der Waals surface area contributed by atoms with Crippen LogP contribution in [0.15, 0.2) is 42.5 Å². The van der Waals surface area contributed by atoms with E-state index in [4.69, 9.17) is 4.74 Å². The van der Waals surface area contributed by atoms with E-state index >= 15 is 0 Å². The van der Waals surface area contributed by atoms with E-state index in [1.54, 1.807) is 18.2 Å². The molecule has 6 heteroatoms. The third-order valence-corrected chi connectivity index (χ3v) is 4.72. The van der Waals surface area contributed by atoms with Gasteiger partial charge in [-0.25, -0.2) is 0 Å². The van der Waals surface area contributed by atoms with Crippen molar-refractivity contribution in [3.63, 3.8) is 0 Å². The highest BCUT2D eigenvalue weighted by molar-refractivity contribution is 6.21. The second-order valence-electron chi connectivity index (χ2n) is 7.94. The van der Waals surface area contributed by atoms with E-state index in [1.165, 1.54) is 10.5 Å². The summed E-state index contributed by atoms with van der Waals surface area (Å²) in [5, 5.41) is 2.72. The zero-order chi connectivity index (χ0) is 21.1. The maximum absolute atomic E-state index is 12.5. The molecule has 29 heavy (non-hydrogen) atoms. The molecule has 0 bridgehead atoms. The van der Waals surface area contributed by atoms with Crippen LogP contribution in [0.1, 0.15) is 59.9 Å². The van der Waals surface area contributed by atoms with Crippen molar-refractivity contribution < 1.29 is 19.1 Å². The number of imide groups is 1. The van der Waals surface area contributed by atoms with Gasteiger partial charge in [0.1, 0.15) is 5.75 Å². The van der Waals surface area contributed by atoms with Crippen LogP contribution in [0.25, 0.3) is 0 Å². The number of nitrogens with one attached hydrogen (secondary N) is 1. The molecule has 1 N–H and O–H groups in total. The summed E-state index contributed by atoms with van der Waals surface area (Å²) in [6.07, 6.45) is 0. The third-order valence-electron chi connectivity index (χ3n) is 4.72. The van der Waals surface area contributed by atoms with Gasteiger partial charge >= 0.3 is 0 Å². The summed E-state index contributed by atoms with van der Waals surface area (Å²) in [6, 6.07) is 12.4. The smallest absolute Gasteiger partial charge is 0.262 e. The molecule has 6 nitrogen and oxygen atoms in total. The molecule has 0 saturated carbocycles. The normalized spacial score (nSPS) is 13.2. The highest BCUT2D eigenvalue weighted by atomic mass is 16.5. The van der Waals surface area contributed by atoms with E-state index in [2.05, 4.69) is 19.2 Å². The molecule has 2 aromatic carbocycles. The lowest BCUT2D eigenvalue weighted by molar-refractivity contribution is -0.118. The van der Waals surface area contributed by atoms with Gasteiger partial charge in [0.05, 0.1) is 11.1 Å². The van der Waals surface area contributed by atoms with Crippen molar-refractivity contribution in [2.75, 3.05) is 18.5 Å². The number of fused-ring (bicyclic) bond motifs is 1. The molecule has 1 aliphatic rings. The Labute approximate surface area is 170 Å². The molecule has 1 heterocycles. The van der Waals surface area contributed by atoms with Gasteiger partial charge in [0.2, 0.25) is 0 Å². The Morgan fingerprint density at radius 2 is 1.62 bits per heavy atom. The molecule has 152 valence electrons. The lowest BCUT2D eigenvalue weighted by Gasteiger charge is -2.15. The SMILES string of the molecule is CC(C)CN1C(=O)c2ccc(NC(=O)COc3ccc(C(C)C)cc3)cc2C1=O. The predicted octanol–water partition coefficient (Wildman–Crippen LogP) is 4.08. The number of ether oxygens (including phenoxy) is 1. The fourth-order valence-electron chi connectivity index (χ4n) is 3.19. The van der Waals surface area contributed by atoms with Gasteiger partial charge in [-0.15, -0.1) is 0 Å². The van der Waals surface area contributed by atoms with Crippen LogP contribution in [0, 0.1) is 5.92 Å². The summed E-state index contributed by atoms with van der Waals surface area (Å²) in [5.41, 5.74) is 2.35. The second-order valence-corrected chi connectivity index (χ2v) is 7.94. The molecule has 0 unspecified atom stereocenters. The van der Waals surface area contributed by atoms with Crippen molar-refractivity contribution in [1.29, 1.82) is 0 Å². The van der Waals surface area contributed by atoms with E-state index in [1.807, 2.05) is 38.1 Å². The molecule has 0 atom stereocenters. The van der Waals surface area contributed by atoms with Gasteiger partial charge in [0.15, 0.2) is 6.61 Å². The van der Waals surface area contributed by atoms with Gasteiger partial charge in [-0.2, -0.15) is 0 Å². The second kappa shape index (κ2) is 8.47. The first-order valence-electron chi connectivity index (χ1n) is 9.79. The van der Waals surface area contributed by atoms with Crippen LogP contribution in [-0.2, 0) is 4.79 Å². The van der Waals surface area contributed by atoms with Crippen LogP contribution in [0.4, 0.5) is 5.69 Å². The fourth-order valence-corrected chi connectivity index (χ4v) is 3.19. The molecular weight excluding hydrogens is 368 g/mol. The summed E-state index contributed by atoms with van der Waals surface area (Å²) in [4.78, 5) is 38.4. The Balaban J connectivity index is 1.62. The number of amides is 3. The van der Waals surface area contributed by atoms with Gasteiger partial charge in [-0.1, -0.05) is 39.8 Å². The van der Waals surface area contributed by atoms with Gasteiger partial charge in [0.25, 0.3) is 17.7 Å². The average Bonchev–Trinajstić information content (AvgIpc) is 2.91. The van der Waals surface area contributed by atoms with Crippen molar-refractivity contribution in [1.82, 2.24) is 4.90 Å². The van der Waals surface area contributed by atoms with Gasteiger partial charge in [-0.3, -0.25) is 19.3 Å². The molecule has 0 aromatic heterocycles. The van der Waals surface area contributed by atoms with Crippen molar-refractivity contribution in [2.45, 2.75) is 33.6 Å². The summed E-state index contributed by atoms with van der Waals surface area (Å²) in [7, 11) is 0. The molecule has 2 aromatic rings. The number of anilines is 1. The van der Waals surface area contributed by atoms with E-state index < -0.39 is 0 Å². The van der Waals surface area contributed by atoms with E-state index in [0.29, 0.717) is 35.0 Å². The average molecular weight is 394 g/mol. The standard InChI is InChI=1S/C23H26N2O4/c1-14(2)12-25-22(27)19-10-7-17(11-20(19)23(25)28)24-21(26)13-29-18-8-5-16(6-9-18)15(3)4/h5-11,14-15H,12-13H2,1-4H3,(H,24,26). The first kappa shape index (κ1) is 20.6. The Morgan fingerprint density at radius 1 is 0.966 bits per heavy atom. The van der Waals surface area contributed by atoms with E-state index in [0.717, 1.165) is 0 Å². The quantitative estimate of drug-likeness (QED) is 0.718. The van der Waals surface area contributed by atoms with Crippen LogP contribution >= 0.6 is 0 Å². The number of nitrogens with zero attached hydrogens (tertiary/aromatic N) is 1. The minimum atomic E-state index is -0.339. The van der Waals surface area contributed by atoms with Crippen LogP contribution in [0.3, 0.4) is 0 Å². The zero-order valence-electron chi connectivity index (χ0n) is 17.2. The Bertz CT molecular complexity index is 932. The van der Waals surface area contributed by atoms with Crippen LogP contribution in [-0.4, -0.2) is 35.8 Å². The molecule has 0 saturated heterocycles. The molecule has 0 fully saturated rings. The number of hydrogen-bond donors (Lipinski definition) is 1. The molecule has 0 radical (unpaired) electrons. The summed E-state index contributed by atoms with van der Waals surface area (Å²) in [5.74, 6) is 0.277. The maximum Gasteiger partial charge on any atom is 0.262 e. The van der Waals surface area contributed by atoms with Crippen molar-refractivity contribution in [2.24, 2.45) is 5.92 Å². The molecule has 3 rings (SSSR count). The summed E-state index contributed by atoms with van der Waals surface area (Å²) >= 11 is 0. The first-order chi connectivity index (χ1) is 13.8. The predicted molar refractivity (Wildman–Crippen MR) is 111 cm³/mol. The van der Waals surface area contributed by atoms with Gasteiger partial charge < -0.3 is 10.1 Å². The number of benzene rings is 2. The molecular formula is C23H26N2O4. The highest BCUT2D eigenvalue weighted by Gasteiger charge is 2.35. The van der Waals surface area contributed by atoms with Crippen LogP contribution in [0.5, 0.6) is 5.75 Å². The molecule has 3 amide bonds. The number of hydrogen-bond acceptors (Lipinski definition) is 4. The maximum atomic E-state index is 12.5. The summed E-state index contributed by atoms with van der Waals surface area (Å²) in [6.45, 7) is 8.35. The van der Waals surface area contributed by atoms with Crippen LogP contribution < -0.4 is 10.1 Å². The van der Waals surface area contributed by atoms with Crippen molar-refractivity contribution in [3.8, 4) is 5.75 Å². The molecule has 0 spiro atoms. The monoisotopic (exact) mass is 394 g/mol. The zero-order valence-corrected chi connectivity index (χ0v) is 17.2. The van der Waals surface area contributed by atoms with Gasteiger partial charge in [0, 0.05) is 12.2 Å². The fraction of sp³-hybridized carbons (Fsp3) is 0.348. The van der Waals surface area contributed by atoms with Crippen molar-refractivity contribution in [3.05, 3.63) is 59.2 Å². The number of carbonyl (C=O) groups is 3. The topological polar surface area (TPSA) is 75.7 Å². The Kier molecular flexibility index (Phi) is 6.01. The number of carbonyl (C=O) groups excluding carboxylic acids is 3. The Morgan fingerprint density at radius 3 is 2.24 bits per heavy atom. The minimum absolute atomic E-state index is 0.148. The summed E-state index contributed by atoms with van der Waals surface area (Å²) < 4.78 is 5.53. The molecule has 1 aliphatic heterocycles. The van der Waals surface area contributed by atoms with Gasteiger partial charge in [-0.05, 0) is 47.7 Å². The number of rotatable bonds is 7. The Hall–Kier alpha value is -3.15. The lowest BCUT2D eigenvalue weighted by Crippen LogP contribution is -2.33. The van der Waals surface area contributed by atoms with Crippen molar-refractivity contribution >= 4 is 23.4 Å². The van der Waals surface area contributed by atoms with E-state index in [9.17, 15) is 14.4 Å².